The van der Waals surface area contributed by atoms with Gasteiger partial charge in [-0.1, -0.05) is 13.8 Å². The van der Waals surface area contributed by atoms with E-state index in [-0.39, 0.29) is 18.4 Å². The molecule has 0 aliphatic carbocycles. The molecule has 0 spiro atoms. The van der Waals surface area contributed by atoms with E-state index in [1.165, 1.54) is 11.8 Å². The third-order valence-corrected chi connectivity index (χ3v) is 4.70. The van der Waals surface area contributed by atoms with Gasteiger partial charge in [-0.3, -0.25) is 14.4 Å². The fraction of sp³-hybridized carbons (Fsp3) is 0.412. The number of hydrogen-bond acceptors (Lipinski definition) is 5. The molecule has 1 atom stereocenters. The van der Waals surface area contributed by atoms with Gasteiger partial charge < -0.3 is 21.1 Å². The van der Waals surface area contributed by atoms with Crippen LogP contribution in [0.5, 0.6) is 0 Å². The molecule has 8 nitrogen and oxygen atoms in total. The van der Waals surface area contributed by atoms with E-state index < -0.39 is 23.8 Å². The summed E-state index contributed by atoms with van der Waals surface area (Å²) in [5, 5.41) is 16.7. The predicted molar refractivity (Wildman–Crippen MR) is 97.2 cm³/mol. The van der Waals surface area contributed by atoms with Gasteiger partial charge in [-0.05, 0) is 30.5 Å². The Morgan fingerprint density at radius 2 is 2.04 bits per heavy atom. The van der Waals surface area contributed by atoms with E-state index in [1.807, 2.05) is 13.8 Å². The topological polar surface area (TPSA) is 125 Å². The lowest BCUT2D eigenvalue weighted by Gasteiger charge is -2.18. The van der Waals surface area contributed by atoms with Crippen LogP contribution in [0.2, 0.25) is 0 Å². The van der Waals surface area contributed by atoms with Crippen molar-refractivity contribution in [1.82, 2.24) is 10.6 Å². The third-order valence-electron chi connectivity index (χ3n) is 3.62. The quantitative estimate of drug-likeness (QED) is 0.562. The molecule has 0 saturated heterocycles. The Balaban J connectivity index is 1.91. The van der Waals surface area contributed by atoms with Crippen molar-refractivity contribution in [2.75, 3.05) is 17.6 Å². The van der Waals surface area contributed by atoms with Crippen LogP contribution in [0.25, 0.3) is 0 Å². The first kappa shape index (κ1) is 19.8. The van der Waals surface area contributed by atoms with Crippen molar-refractivity contribution < 1.29 is 24.3 Å². The first-order valence-corrected chi connectivity index (χ1v) is 9.12. The minimum absolute atomic E-state index is 0.106. The van der Waals surface area contributed by atoms with Gasteiger partial charge in [0.05, 0.1) is 18.0 Å². The van der Waals surface area contributed by atoms with E-state index in [0.29, 0.717) is 23.4 Å². The maximum atomic E-state index is 12.2. The fourth-order valence-electron chi connectivity index (χ4n) is 2.43. The van der Waals surface area contributed by atoms with Gasteiger partial charge in [0.2, 0.25) is 11.8 Å². The number of thioether (sulfide) groups is 1. The molecule has 3 amide bonds. The number of carboxylic acid groups (broad SMARTS) is 1. The van der Waals surface area contributed by atoms with Crippen LogP contribution in [0.15, 0.2) is 23.1 Å². The predicted octanol–water partition coefficient (Wildman–Crippen LogP) is 1.08. The summed E-state index contributed by atoms with van der Waals surface area (Å²) in [7, 11) is 0. The molecule has 0 aromatic heterocycles. The number of nitrogens with one attached hydrogen (secondary N) is 3. The molecule has 0 saturated carbocycles. The van der Waals surface area contributed by atoms with Gasteiger partial charge in [0, 0.05) is 10.5 Å². The summed E-state index contributed by atoms with van der Waals surface area (Å²) >= 11 is 1.39. The molecule has 9 heteroatoms. The molecule has 1 aliphatic heterocycles. The number of carboxylic acids is 1. The van der Waals surface area contributed by atoms with E-state index in [2.05, 4.69) is 16.0 Å². The van der Waals surface area contributed by atoms with E-state index in [9.17, 15) is 19.2 Å². The van der Waals surface area contributed by atoms with Crippen molar-refractivity contribution in [2.45, 2.75) is 31.2 Å². The lowest BCUT2D eigenvalue weighted by Crippen LogP contribution is -2.46. The molecule has 1 heterocycles. The third kappa shape index (κ3) is 5.48. The lowest BCUT2D eigenvalue weighted by molar-refractivity contribution is -0.142. The second-order valence-electron chi connectivity index (χ2n) is 6.32. The van der Waals surface area contributed by atoms with Gasteiger partial charge in [-0.25, -0.2) is 4.79 Å². The second-order valence-corrected chi connectivity index (χ2v) is 7.34. The zero-order chi connectivity index (χ0) is 19.3. The van der Waals surface area contributed by atoms with Crippen LogP contribution >= 0.6 is 11.8 Å². The number of carbonyl (C=O) groups is 4. The minimum Gasteiger partial charge on any atom is -0.480 e. The van der Waals surface area contributed by atoms with E-state index in [0.717, 1.165) is 4.90 Å². The van der Waals surface area contributed by atoms with Crippen molar-refractivity contribution in [2.24, 2.45) is 5.92 Å². The molecule has 0 fully saturated rings. The highest BCUT2D eigenvalue weighted by atomic mass is 32.2. The van der Waals surface area contributed by atoms with Crippen molar-refractivity contribution >= 4 is 41.1 Å². The maximum absolute atomic E-state index is 12.2. The number of anilines is 1. The first-order valence-electron chi connectivity index (χ1n) is 8.13. The van der Waals surface area contributed by atoms with Gasteiger partial charge in [0.25, 0.3) is 5.91 Å². The fourth-order valence-corrected chi connectivity index (χ4v) is 3.21. The first-order chi connectivity index (χ1) is 12.3. The van der Waals surface area contributed by atoms with Crippen LogP contribution in [-0.4, -0.2) is 47.1 Å². The van der Waals surface area contributed by atoms with Crippen LogP contribution in [-0.2, 0) is 14.4 Å². The van der Waals surface area contributed by atoms with Gasteiger partial charge in [0.15, 0.2) is 0 Å². The Morgan fingerprint density at radius 3 is 2.69 bits per heavy atom. The maximum Gasteiger partial charge on any atom is 0.326 e. The number of amides is 3. The zero-order valence-corrected chi connectivity index (χ0v) is 15.3. The van der Waals surface area contributed by atoms with Crippen molar-refractivity contribution in [3.63, 3.8) is 0 Å². The Hall–Kier alpha value is -2.55. The Bertz CT molecular complexity index is 735. The number of rotatable bonds is 7. The zero-order valence-electron chi connectivity index (χ0n) is 14.5. The minimum atomic E-state index is -1.11. The van der Waals surface area contributed by atoms with Crippen molar-refractivity contribution in [3.8, 4) is 0 Å². The van der Waals surface area contributed by atoms with Crippen molar-refractivity contribution in [3.05, 3.63) is 23.8 Å². The molecule has 140 valence electrons. The van der Waals surface area contributed by atoms with E-state index in [4.69, 9.17) is 5.11 Å². The Morgan fingerprint density at radius 1 is 1.31 bits per heavy atom. The summed E-state index contributed by atoms with van der Waals surface area (Å²) in [4.78, 5) is 47.5. The monoisotopic (exact) mass is 379 g/mol. The lowest BCUT2D eigenvalue weighted by atomic mass is 10.0. The van der Waals surface area contributed by atoms with Gasteiger partial charge in [-0.15, -0.1) is 11.8 Å². The summed E-state index contributed by atoms with van der Waals surface area (Å²) in [6, 6.07) is 3.90. The molecular weight excluding hydrogens is 358 g/mol. The second kappa shape index (κ2) is 8.70. The largest absolute Gasteiger partial charge is 0.480 e. The van der Waals surface area contributed by atoms with Crippen LogP contribution < -0.4 is 16.0 Å². The summed E-state index contributed by atoms with van der Waals surface area (Å²) in [6.07, 6.45) is 0.303. The Kier molecular flexibility index (Phi) is 6.62. The Labute approximate surface area is 155 Å². The molecule has 1 aliphatic rings. The normalized spacial score (nSPS) is 14.2. The molecule has 0 radical (unpaired) electrons. The SMILES string of the molecule is CC(C)C[C@H](NC(=O)CNC(=O)c1ccc2c(c1)NC(=O)CS2)C(=O)O. The molecule has 1 aromatic carbocycles. The molecule has 26 heavy (non-hydrogen) atoms. The number of aliphatic carboxylic acids is 1. The average molecular weight is 379 g/mol. The van der Waals surface area contributed by atoms with Crippen LogP contribution in [0.1, 0.15) is 30.6 Å². The number of fused-ring (bicyclic) bond motifs is 1. The molecular formula is C17H21N3O5S. The summed E-state index contributed by atoms with van der Waals surface area (Å²) in [5.41, 5.74) is 0.863. The van der Waals surface area contributed by atoms with E-state index in [1.54, 1.807) is 18.2 Å². The summed E-state index contributed by atoms with van der Waals surface area (Å²) in [5.74, 6) is -1.86. The molecule has 0 bridgehead atoms. The standard InChI is InChI=1S/C17H21N3O5S/c1-9(2)5-12(17(24)25)20-14(21)7-18-16(23)10-3-4-13-11(6-10)19-15(22)8-26-13/h3-4,6,9,12H,5,7-8H2,1-2H3,(H,18,23)(H,19,22)(H,20,21)(H,24,25)/t12-/m0/s1. The number of hydrogen-bond donors (Lipinski definition) is 4. The number of benzene rings is 1. The smallest absolute Gasteiger partial charge is 0.326 e. The van der Waals surface area contributed by atoms with Gasteiger partial charge >= 0.3 is 5.97 Å². The average Bonchev–Trinajstić information content (AvgIpc) is 2.57. The summed E-state index contributed by atoms with van der Waals surface area (Å²) in [6.45, 7) is 3.38. The molecule has 1 aromatic rings. The molecule has 4 N–H and O–H groups in total. The number of carbonyl (C=O) groups excluding carboxylic acids is 3. The highest BCUT2D eigenvalue weighted by Crippen LogP contribution is 2.31. The van der Waals surface area contributed by atoms with Crippen LogP contribution in [0.3, 0.4) is 0 Å². The van der Waals surface area contributed by atoms with Gasteiger partial charge in [0.1, 0.15) is 6.04 Å². The molecule has 2 rings (SSSR count). The van der Waals surface area contributed by atoms with Crippen molar-refractivity contribution in [1.29, 1.82) is 0 Å². The highest BCUT2D eigenvalue weighted by Gasteiger charge is 2.22. The molecule has 0 unspecified atom stereocenters. The summed E-state index contributed by atoms with van der Waals surface area (Å²) < 4.78 is 0. The van der Waals surface area contributed by atoms with Crippen LogP contribution in [0.4, 0.5) is 5.69 Å². The van der Waals surface area contributed by atoms with Gasteiger partial charge in [-0.2, -0.15) is 0 Å². The van der Waals surface area contributed by atoms with Crippen LogP contribution in [0, 0.1) is 5.92 Å². The highest BCUT2D eigenvalue weighted by molar-refractivity contribution is 8.00. The van der Waals surface area contributed by atoms with E-state index >= 15 is 0 Å².